The zero-order valence-electron chi connectivity index (χ0n) is 24.8. The number of ether oxygens (including phenoxy) is 3. The van der Waals surface area contributed by atoms with Gasteiger partial charge in [-0.3, -0.25) is 19.7 Å². The zero-order valence-corrected chi connectivity index (χ0v) is 24.8. The second kappa shape index (κ2) is 12.7. The van der Waals surface area contributed by atoms with Gasteiger partial charge in [-0.15, -0.1) is 0 Å². The van der Waals surface area contributed by atoms with Crippen LogP contribution >= 0.6 is 0 Å². The van der Waals surface area contributed by atoms with Crippen molar-refractivity contribution in [2.24, 2.45) is 0 Å². The highest BCUT2D eigenvalue weighted by Crippen LogP contribution is 2.52. The van der Waals surface area contributed by atoms with Gasteiger partial charge in [0, 0.05) is 42.0 Å². The maximum atomic E-state index is 13.8. The molecule has 1 fully saturated rings. The molecule has 2 aliphatic carbocycles. The van der Waals surface area contributed by atoms with Crippen molar-refractivity contribution in [3.05, 3.63) is 51.6 Å². The van der Waals surface area contributed by atoms with Crippen LogP contribution in [0, 0.1) is 11.3 Å². The molecule has 6 unspecified atom stereocenters. The number of aromatic hydroxyl groups is 2. The van der Waals surface area contributed by atoms with Crippen molar-refractivity contribution >= 4 is 17.3 Å². The van der Waals surface area contributed by atoms with Gasteiger partial charge < -0.3 is 50.0 Å². The lowest BCUT2D eigenvalue weighted by Crippen LogP contribution is -2.58. The number of carbonyl (C=O) groups is 3. The minimum Gasteiger partial charge on any atom is -0.507 e. The summed E-state index contributed by atoms with van der Waals surface area (Å²) < 4.78 is 17.2. The molecule has 0 bridgehead atoms. The largest absolute Gasteiger partial charge is 0.507 e. The van der Waals surface area contributed by atoms with Gasteiger partial charge in [0.2, 0.25) is 5.78 Å². The van der Waals surface area contributed by atoms with Gasteiger partial charge >= 0.3 is 0 Å². The number of fused-ring (bicyclic) bond motifs is 3. The summed E-state index contributed by atoms with van der Waals surface area (Å²) >= 11 is 0. The number of ketones is 3. The second-order valence-electron chi connectivity index (χ2n) is 11.6. The zero-order chi connectivity index (χ0) is 33.7. The van der Waals surface area contributed by atoms with Crippen LogP contribution in [0.15, 0.2) is 18.2 Å². The third kappa shape index (κ3) is 5.42. The lowest BCUT2D eigenvalue weighted by molar-refractivity contribution is -0.250. The number of aliphatic hydroxyl groups is 5. The second-order valence-corrected chi connectivity index (χ2v) is 11.6. The number of nitrogens with one attached hydrogen (secondary N) is 1. The highest BCUT2D eigenvalue weighted by atomic mass is 16.7. The van der Waals surface area contributed by atoms with Gasteiger partial charge in [-0.25, -0.2) is 0 Å². The Morgan fingerprint density at radius 3 is 2.50 bits per heavy atom. The van der Waals surface area contributed by atoms with Crippen LogP contribution in [0.5, 0.6) is 17.2 Å². The van der Waals surface area contributed by atoms with Crippen molar-refractivity contribution in [3.63, 3.8) is 0 Å². The van der Waals surface area contributed by atoms with Crippen LogP contribution in [0.3, 0.4) is 0 Å². The Kier molecular flexibility index (Phi) is 9.19. The third-order valence-corrected chi connectivity index (χ3v) is 8.87. The van der Waals surface area contributed by atoms with Crippen LogP contribution in [-0.4, -0.2) is 116 Å². The van der Waals surface area contributed by atoms with E-state index in [1.165, 1.54) is 32.2 Å². The predicted octanol–water partition coefficient (Wildman–Crippen LogP) is -1.12. The van der Waals surface area contributed by atoms with Crippen molar-refractivity contribution < 1.29 is 64.3 Å². The summed E-state index contributed by atoms with van der Waals surface area (Å²) in [6, 6.07) is 3.86. The minimum absolute atomic E-state index is 0.0533. The van der Waals surface area contributed by atoms with Gasteiger partial charge in [0.1, 0.15) is 41.6 Å². The highest BCUT2D eigenvalue weighted by Gasteiger charge is 2.50. The number of hydrogen-bond donors (Lipinski definition) is 8. The van der Waals surface area contributed by atoms with Crippen molar-refractivity contribution in [1.82, 2.24) is 5.32 Å². The quantitative estimate of drug-likeness (QED) is 0.129. The molecule has 8 N–H and O–H groups in total. The Balaban J connectivity index is 1.60. The van der Waals surface area contributed by atoms with Crippen LogP contribution < -0.4 is 10.1 Å². The van der Waals surface area contributed by atoms with Crippen LogP contribution in [0.1, 0.15) is 68.8 Å². The average Bonchev–Trinajstić information content (AvgIpc) is 3.04. The van der Waals surface area contributed by atoms with E-state index in [2.05, 4.69) is 5.32 Å². The van der Waals surface area contributed by atoms with Gasteiger partial charge in [0.25, 0.3) is 0 Å². The molecule has 8 atom stereocenters. The summed E-state index contributed by atoms with van der Waals surface area (Å²) in [6.45, 7) is -0.326. The van der Waals surface area contributed by atoms with E-state index in [0.29, 0.717) is 0 Å². The topological polar surface area (TPSA) is 256 Å². The number of aliphatic hydroxyl groups excluding tert-OH is 4. The number of phenolic OH excluding ortho intramolecular Hbond substituents is 2. The summed E-state index contributed by atoms with van der Waals surface area (Å²) in [6.07, 6.45) is -7.77. The van der Waals surface area contributed by atoms with E-state index in [4.69, 9.17) is 14.2 Å². The fourth-order valence-electron chi connectivity index (χ4n) is 6.45. The van der Waals surface area contributed by atoms with E-state index in [-0.39, 0.29) is 34.4 Å². The standard InChI is InChI=1S/C31H34N2O13/c1-12-26(38)15(33-16(9-32)17(36)10-34)6-21(45-12)46-19-8-31(43,20(37)11-35)7-14-23(19)30(42)25-24(28(14)40)27(39)13-4-3-5-18(44-2)22(13)29(25)41/h3-5,12,15-17,19,21,26,33-36,38,40,42-43H,6-8,10-11H2,1-2H3/t12?,15?,16?,17?,19-,21?,26?,31-/m0/s1. The number of nitriles is 1. The molecule has 15 nitrogen and oxygen atoms in total. The molecule has 246 valence electrons. The maximum Gasteiger partial charge on any atom is 0.202 e. The summed E-state index contributed by atoms with van der Waals surface area (Å²) in [5, 5.41) is 86.4. The molecule has 1 aliphatic heterocycles. The van der Waals surface area contributed by atoms with Crippen molar-refractivity contribution in [2.75, 3.05) is 20.3 Å². The molecule has 0 saturated carbocycles. The number of nitrogens with zero attached hydrogens (tertiary/aromatic N) is 1. The molecule has 0 aromatic heterocycles. The van der Waals surface area contributed by atoms with Crippen LogP contribution in [0.4, 0.5) is 0 Å². The van der Waals surface area contributed by atoms with Gasteiger partial charge in [-0.05, 0) is 13.0 Å². The third-order valence-electron chi connectivity index (χ3n) is 8.87. The number of methoxy groups -OCH3 is 1. The fourth-order valence-corrected chi connectivity index (χ4v) is 6.45. The van der Waals surface area contributed by atoms with Crippen LogP contribution in [-0.2, 0) is 20.7 Å². The van der Waals surface area contributed by atoms with E-state index >= 15 is 0 Å². The first-order valence-electron chi connectivity index (χ1n) is 14.5. The fraction of sp³-hybridized carbons (Fsp3) is 0.484. The molecule has 2 aromatic rings. The number of hydrogen-bond acceptors (Lipinski definition) is 15. The molecule has 2 aromatic carbocycles. The lowest BCUT2D eigenvalue weighted by Gasteiger charge is -2.43. The number of benzene rings is 2. The molecule has 1 saturated heterocycles. The SMILES string of the molecule is COc1cccc2c1C(=O)c1c(O)c3c(c(O)c1C2=O)C[C@@](O)(C(=O)CO)C[C@@H]3OC1CC(NC(C#N)C(O)CO)C(O)C(C)O1. The van der Waals surface area contributed by atoms with E-state index < -0.39 is 114 Å². The lowest BCUT2D eigenvalue weighted by atomic mass is 9.72. The van der Waals surface area contributed by atoms with Crippen molar-refractivity contribution in [3.8, 4) is 23.3 Å². The van der Waals surface area contributed by atoms with Crippen molar-refractivity contribution in [2.45, 2.75) is 74.6 Å². The maximum absolute atomic E-state index is 13.8. The van der Waals surface area contributed by atoms with Crippen molar-refractivity contribution in [1.29, 1.82) is 5.26 Å². The van der Waals surface area contributed by atoms with E-state index in [0.717, 1.165) is 0 Å². The smallest absolute Gasteiger partial charge is 0.202 e. The van der Waals surface area contributed by atoms with Gasteiger partial charge in [-0.2, -0.15) is 5.26 Å². The molecule has 1 heterocycles. The van der Waals surface area contributed by atoms with Gasteiger partial charge in [-0.1, -0.05) is 12.1 Å². The summed E-state index contributed by atoms with van der Waals surface area (Å²) in [7, 11) is 1.30. The molecule has 46 heavy (non-hydrogen) atoms. The van der Waals surface area contributed by atoms with Crippen LogP contribution in [0.25, 0.3) is 0 Å². The number of phenols is 2. The normalized spacial score (nSPS) is 28.3. The summed E-state index contributed by atoms with van der Waals surface area (Å²) in [4.78, 5) is 40.2. The molecular weight excluding hydrogens is 608 g/mol. The number of rotatable bonds is 9. The number of Topliss-reactive ketones (excluding diaryl/α,β-unsaturated/α-hetero) is 1. The highest BCUT2D eigenvalue weighted by molar-refractivity contribution is 6.31. The molecule has 0 radical (unpaired) electrons. The monoisotopic (exact) mass is 642 g/mol. The Hall–Kier alpha value is -3.98. The molecule has 15 heteroatoms. The predicted molar refractivity (Wildman–Crippen MR) is 153 cm³/mol. The summed E-state index contributed by atoms with van der Waals surface area (Å²) in [5.41, 5.74) is -4.12. The Labute approximate surface area is 262 Å². The first kappa shape index (κ1) is 33.4. The minimum atomic E-state index is -2.35. The Bertz CT molecular complexity index is 1620. The molecule has 5 rings (SSSR count). The first-order valence-corrected chi connectivity index (χ1v) is 14.5. The molecular formula is C31H34N2O13. The van der Waals surface area contributed by atoms with E-state index in [1.54, 1.807) is 6.07 Å². The van der Waals surface area contributed by atoms with Gasteiger partial charge in [0.05, 0.1) is 54.8 Å². The molecule has 3 aliphatic rings. The van der Waals surface area contributed by atoms with E-state index in [1.807, 2.05) is 0 Å². The Morgan fingerprint density at radius 2 is 1.87 bits per heavy atom. The summed E-state index contributed by atoms with van der Waals surface area (Å²) in [5.74, 6) is -4.14. The van der Waals surface area contributed by atoms with Gasteiger partial charge in [0.15, 0.2) is 17.9 Å². The Morgan fingerprint density at radius 1 is 1.17 bits per heavy atom. The molecule has 0 spiro atoms. The first-order chi connectivity index (χ1) is 21.8. The number of carbonyl (C=O) groups excluding carboxylic acids is 3. The average molecular weight is 643 g/mol. The van der Waals surface area contributed by atoms with E-state index in [9.17, 15) is 55.4 Å². The molecule has 0 amide bonds. The van der Waals surface area contributed by atoms with Crippen LogP contribution in [0.2, 0.25) is 0 Å².